The van der Waals surface area contributed by atoms with Gasteiger partial charge in [-0.25, -0.2) is 4.98 Å². The van der Waals surface area contributed by atoms with Crippen LogP contribution in [0.1, 0.15) is 12.0 Å². The Bertz CT molecular complexity index is 895. The molecule has 6 nitrogen and oxygen atoms in total. The van der Waals surface area contributed by atoms with Crippen molar-refractivity contribution >= 4 is 29.0 Å². The summed E-state index contributed by atoms with van der Waals surface area (Å²) in [7, 11) is 1.56. The van der Waals surface area contributed by atoms with Crippen LogP contribution >= 0.6 is 11.6 Å². The normalized spacial score (nSPS) is 15.6. The number of carbonyl (C=O) groups excluding carboxylic acids is 1. The maximum absolute atomic E-state index is 12.8. The van der Waals surface area contributed by atoms with Crippen molar-refractivity contribution in [3.05, 3.63) is 47.1 Å². The van der Waals surface area contributed by atoms with Crippen molar-refractivity contribution in [3.63, 3.8) is 0 Å². The molecule has 0 radical (unpaired) electrons. The summed E-state index contributed by atoms with van der Waals surface area (Å²) < 4.78 is 43.6. The molecule has 0 aliphatic carbocycles. The molecule has 1 N–H and O–H groups in total. The van der Waals surface area contributed by atoms with Crippen molar-refractivity contribution in [1.82, 2.24) is 9.88 Å². The van der Waals surface area contributed by atoms with Crippen LogP contribution in [0.25, 0.3) is 0 Å². The van der Waals surface area contributed by atoms with E-state index in [0.717, 1.165) is 18.7 Å². The second kappa shape index (κ2) is 9.53. The van der Waals surface area contributed by atoms with Gasteiger partial charge in [0, 0.05) is 44.1 Å². The van der Waals surface area contributed by atoms with E-state index in [9.17, 15) is 18.0 Å². The Kier molecular flexibility index (Phi) is 7.04. The summed E-state index contributed by atoms with van der Waals surface area (Å²) in [6.45, 7) is 2.54. The third-order valence-electron chi connectivity index (χ3n) is 4.76. The van der Waals surface area contributed by atoms with E-state index in [1.807, 2.05) is 9.80 Å². The number of alkyl halides is 3. The summed E-state index contributed by atoms with van der Waals surface area (Å²) >= 11 is 6.07. The fraction of sp³-hybridized carbons (Fsp3) is 0.400. The molecule has 1 saturated heterocycles. The van der Waals surface area contributed by atoms with Crippen molar-refractivity contribution in [2.75, 3.05) is 50.1 Å². The number of nitrogens with zero attached hydrogens (tertiary/aromatic N) is 3. The van der Waals surface area contributed by atoms with Crippen LogP contribution in [0.3, 0.4) is 0 Å². The zero-order chi connectivity index (χ0) is 21.7. The molecule has 2 heterocycles. The van der Waals surface area contributed by atoms with Gasteiger partial charge in [0.05, 0.1) is 24.2 Å². The van der Waals surface area contributed by atoms with Gasteiger partial charge in [-0.2, -0.15) is 13.2 Å². The number of anilines is 2. The topological polar surface area (TPSA) is 57.7 Å². The highest BCUT2D eigenvalue weighted by molar-refractivity contribution is 6.33. The lowest BCUT2D eigenvalue weighted by atomic mass is 10.2. The first kappa shape index (κ1) is 22.2. The number of ether oxygens (including phenoxy) is 1. The number of benzene rings is 1. The van der Waals surface area contributed by atoms with Gasteiger partial charge < -0.3 is 15.0 Å². The Balaban J connectivity index is 1.57. The summed E-state index contributed by atoms with van der Waals surface area (Å²) in [4.78, 5) is 20.2. The molecule has 0 spiro atoms. The first-order chi connectivity index (χ1) is 14.3. The van der Waals surface area contributed by atoms with Crippen LogP contribution in [0.4, 0.5) is 24.7 Å². The van der Waals surface area contributed by atoms with Crippen molar-refractivity contribution in [2.45, 2.75) is 12.6 Å². The molecule has 1 amide bonds. The van der Waals surface area contributed by atoms with Crippen molar-refractivity contribution in [3.8, 4) is 5.75 Å². The second-order valence-electron chi connectivity index (χ2n) is 6.92. The largest absolute Gasteiger partial charge is 0.497 e. The molecule has 1 aliphatic rings. The van der Waals surface area contributed by atoms with Gasteiger partial charge in [0.2, 0.25) is 5.91 Å². The van der Waals surface area contributed by atoms with Crippen LogP contribution in [0.5, 0.6) is 5.75 Å². The quantitative estimate of drug-likeness (QED) is 0.760. The number of hydrogen-bond donors (Lipinski definition) is 1. The Morgan fingerprint density at radius 3 is 2.73 bits per heavy atom. The lowest BCUT2D eigenvalue weighted by Crippen LogP contribution is -2.36. The number of nitrogens with one attached hydrogen (secondary N) is 1. The van der Waals surface area contributed by atoms with Gasteiger partial charge in [0.25, 0.3) is 0 Å². The van der Waals surface area contributed by atoms with Gasteiger partial charge in [-0.3, -0.25) is 9.69 Å². The third-order valence-corrected chi connectivity index (χ3v) is 5.04. The van der Waals surface area contributed by atoms with Gasteiger partial charge in [0.1, 0.15) is 11.6 Å². The fourth-order valence-electron chi connectivity index (χ4n) is 3.26. The first-order valence-corrected chi connectivity index (χ1v) is 9.78. The standard InChI is InChI=1S/C20H22ClF3N4O2/c1-30-16-5-2-4-15(11-16)26-18(29)13-27-6-3-7-28(9-8-27)19-17(21)10-14(12-25-19)20(22,23)24/h2,4-5,10-12H,3,6-9,13H2,1H3,(H,26,29). The lowest BCUT2D eigenvalue weighted by molar-refractivity contribution is -0.137. The Labute approximate surface area is 177 Å². The Morgan fingerprint density at radius 2 is 2.03 bits per heavy atom. The van der Waals surface area contributed by atoms with Crippen LogP contribution in [0.15, 0.2) is 36.5 Å². The smallest absolute Gasteiger partial charge is 0.417 e. The van der Waals surface area contributed by atoms with E-state index >= 15 is 0 Å². The summed E-state index contributed by atoms with van der Waals surface area (Å²) in [5.74, 6) is 0.828. The van der Waals surface area contributed by atoms with Crippen LogP contribution in [-0.2, 0) is 11.0 Å². The van der Waals surface area contributed by atoms with Crippen LogP contribution < -0.4 is 15.0 Å². The van der Waals surface area contributed by atoms with Crippen LogP contribution in [0.2, 0.25) is 5.02 Å². The number of methoxy groups -OCH3 is 1. The predicted octanol–water partition coefficient (Wildman–Crippen LogP) is 3.91. The van der Waals surface area contributed by atoms with E-state index in [-0.39, 0.29) is 17.5 Å². The van der Waals surface area contributed by atoms with Gasteiger partial charge in [-0.15, -0.1) is 0 Å². The van der Waals surface area contributed by atoms with Gasteiger partial charge >= 0.3 is 6.18 Å². The Hall–Kier alpha value is -2.52. The highest BCUT2D eigenvalue weighted by Crippen LogP contribution is 2.33. The average Bonchev–Trinajstić information content (AvgIpc) is 2.92. The lowest BCUT2D eigenvalue weighted by Gasteiger charge is -2.23. The highest BCUT2D eigenvalue weighted by atomic mass is 35.5. The highest BCUT2D eigenvalue weighted by Gasteiger charge is 2.32. The second-order valence-corrected chi connectivity index (χ2v) is 7.33. The minimum absolute atomic E-state index is 0.0333. The minimum atomic E-state index is -4.49. The molecule has 2 aromatic rings. The molecule has 1 aromatic heterocycles. The number of amides is 1. The molecule has 0 unspecified atom stereocenters. The summed E-state index contributed by atoms with van der Waals surface area (Å²) in [6, 6.07) is 8.00. The van der Waals surface area contributed by atoms with E-state index < -0.39 is 11.7 Å². The average molecular weight is 443 g/mol. The van der Waals surface area contributed by atoms with E-state index in [1.165, 1.54) is 0 Å². The summed E-state index contributed by atoms with van der Waals surface area (Å²) in [5.41, 5.74) is -0.224. The number of pyridine rings is 1. The molecular formula is C20H22ClF3N4O2. The summed E-state index contributed by atoms with van der Waals surface area (Å²) in [6.07, 6.45) is -2.96. The number of aromatic nitrogens is 1. The molecule has 1 fully saturated rings. The fourth-order valence-corrected chi connectivity index (χ4v) is 3.55. The van der Waals surface area contributed by atoms with E-state index in [0.29, 0.717) is 43.4 Å². The number of carbonyl (C=O) groups is 1. The predicted molar refractivity (Wildman–Crippen MR) is 109 cm³/mol. The monoisotopic (exact) mass is 442 g/mol. The zero-order valence-corrected chi connectivity index (χ0v) is 17.1. The molecule has 10 heteroatoms. The van der Waals surface area contributed by atoms with Crippen LogP contribution in [-0.4, -0.2) is 55.6 Å². The Morgan fingerprint density at radius 1 is 1.23 bits per heavy atom. The molecule has 0 bridgehead atoms. The minimum Gasteiger partial charge on any atom is -0.497 e. The van der Waals surface area contributed by atoms with Gasteiger partial charge in [0.15, 0.2) is 0 Å². The third kappa shape index (κ3) is 5.76. The molecule has 1 aliphatic heterocycles. The van der Waals surface area contributed by atoms with Crippen LogP contribution in [0, 0.1) is 0 Å². The number of hydrogen-bond acceptors (Lipinski definition) is 5. The molecule has 0 atom stereocenters. The van der Waals surface area contributed by atoms with Gasteiger partial charge in [-0.1, -0.05) is 17.7 Å². The van der Waals surface area contributed by atoms with E-state index in [1.54, 1.807) is 31.4 Å². The molecule has 0 saturated carbocycles. The van der Waals surface area contributed by atoms with Crippen molar-refractivity contribution < 1.29 is 22.7 Å². The summed E-state index contributed by atoms with van der Waals surface area (Å²) in [5, 5.41) is 2.81. The zero-order valence-electron chi connectivity index (χ0n) is 16.4. The maximum Gasteiger partial charge on any atom is 0.417 e. The molecular weight excluding hydrogens is 421 g/mol. The van der Waals surface area contributed by atoms with Crippen molar-refractivity contribution in [1.29, 1.82) is 0 Å². The number of rotatable bonds is 5. The molecule has 3 rings (SSSR count). The maximum atomic E-state index is 12.8. The van der Waals surface area contributed by atoms with Gasteiger partial charge in [-0.05, 0) is 24.6 Å². The molecule has 1 aromatic carbocycles. The van der Waals surface area contributed by atoms with Crippen molar-refractivity contribution in [2.24, 2.45) is 0 Å². The first-order valence-electron chi connectivity index (χ1n) is 9.40. The molecule has 162 valence electrons. The molecule has 30 heavy (non-hydrogen) atoms. The number of halogens is 4. The SMILES string of the molecule is COc1cccc(NC(=O)CN2CCCN(c3ncc(C(F)(F)F)cc3Cl)CC2)c1. The van der Waals surface area contributed by atoms with E-state index in [2.05, 4.69) is 10.3 Å². The van der Waals surface area contributed by atoms with E-state index in [4.69, 9.17) is 16.3 Å².